The lowest BCUT2D eigenvalue weighted by molar-refractivity contribution is 0.0689. The molecule has 5 nitrogen and oxygen atoms in total. The summed E-state index contributed by atoms with van der Waals surface area (Å²) >= 11 is 9.27. The third-order valence-corrected chi connectivity index (χ3v) is 4.08. The predicted octanol–water partition coefficient (Wildman–Crippen LogP) is 4.81. The Bertz CT molecular complexity index is 868. The van der Waals surface area contributed by atoms with Crippen LogP contribution in [0.4, 0.5) is 0 Å². The van der Waals surface area contributed by atoms with Crippen molar-refractivity contribution < 1.29 is 14.3 Å². The minimum absolute atomic E-state index is 0.0185. The number of furan rings is 1. The highest BCUT2D eigenvalue weighted by molar-refractivity contribution is 9.10. The molecule has 0 bridgehead atoms. The van der Waals surface area contributed by atoms with Crippen LogP contribution in [0.1, 0.15) is 23.0 Å². The summed E-state index contributed by atoms with van der Waals surface area (Å²) in [6.07, 6.45) is 2.07. The SMILES string of the molecule is CCc1c(C(=O)O)nn(-c2ccc(Cl)cc2)c1-c1cc(Br)co1. The minimum Gasteiger partial charge on any atom is -0.476 e. The van der Waals surface area contributed by atoms with Crippen molar-refractivity contribution in [2.24, 2.45) is 0 Å². The summed E-state index contributed by atoms with van der Waals surface area (Å²) in [6.45, 7) is 1.89. The van der Waals surface area contributed by atoms with Crippen LogP contribution < -0.4 is 0 Å². The number of carboxylic acids is 1. The van der Waals surface area contributed by atoms with Gasteiger partial charge in [0.25, 0.3) is 0 Å². The molecular weight excluding hydrogens is 384 g/mol. The first-order valence-corrected chi connectivity index (χ1v) is 8.04. The van der Waals surface area contributed by atoms with Crippen molar-refractivity contribution in [1.29, 1.82) is 0 Å². The molecule has 2 heterocycles. The Labute approximate surface area is 145 Å². The molecule has 3 aromatic rings. The lowest BCUT2D eigenvalue weighted by Gasteiger charge is -2.07. The molecule has 0 aliphatic carbocycles. The van der Waals surface area contributed by atoms with Gasteiger partial charge in [-0.15, -0.1) is 0 Å². The first-order valence-electron chi connectivity index (χ1n) is 6.86. The van der Waals surface area contributed by atoms with Gasteiger partial charge in [0.15, 0.2) is 11.5 Å². The Morgan fingerprint density at radius 2 is 2.09 bits per heavy atom. The van der Waals surface area contributed by atoms with Crippen LogP contribution in [0.25, 0.3) is 17.1 Å². The summed E-state index contributed by atoms with van der Waals surface area (Å²) in [4.78, 5) is 11.5. The van der Waals surface area contributed by atoms with Gasteiger partial charge in [0.2, 0.25) is 0 Å². The maximum atomic E-state index is 11.5. The average Bonchev–Trinajstić information content (AvgIpc) is 3.11. The van der Waals surface area contributed by atoms with Crippen LogP contribution in [0, 0.1) is 0 Å². The molecule has 0 unspecified atom stereocenters. The zero-order valence-corrected chi connectivity index (χ0v) is 14.4. The summed E-state index contributed by atoms with van der Waals surface area (Å²) in [5, 5.41) is 14.3. The van der Waals surface area contributed by atoms with E-state index in [1.54, 1.807) is 41.3 Å². The van der Waals surface area contributed by atoms with Gasteiger partial charge in [-0.3, -0.25) is 0 Å². The molecule has 0 saturated heterocycles. The average molecular weight is 396 g/mol. The van der Waals surface area contributed by atoms with Gasteiger partial charge >= 0.3 is 5.97 Å². The molecule has 0 aliphatic rings. The zero-order chi connectivity index (χ0) is 16.6. The number of nitrogens with zero attached hydrogens (tertiary/aromatic N) is 2. The molecule has 1 N–H and O–H groups in total. The van der Waals surface area contributed by atoms with Gasteiger partial charge in [0.1, 0.15) is 12.0 Å². The molecule has 1 aromatic carbocycles. The second-order valence-electron chi connectivity index (χ2n) is 4.85. The number of hydrogen-bond donors (Lipinski definition) is 1. The largest absolute Gasteiger partial charge is 0.476 e. The van der Waals surface area contributed by atoms with Crippen molar-refractivity contribution >= 4 is 33.5 Å². The van der Waals surface area contributed by atoms with Crippen molar-refractivity contribution in [3.8, 4) is 17.1 Å². The number of hydrogen-bond acceptors (Lipinski definition) is 3. The van der Waals surface area contributed by atoms with E-state index in [1.165, 1.54) is 0 Å². The molecule has 0 amide bonds. The molecule has 0 radical (unpaired) electrons. The fraction of sp³-hybridized carbons (Fsp3) is 0.125. The van der Waals surface area contributed by atoms with E-state index in [-0.39, 0.29) is 5.69 Å². The van der Waals surface area contributed by atoms with Crippen LogP contribution in [0.2, 0.25) is 5.02 Å². The molecule has 0 spiro atoms. The Kier molecular flexibility index (Phi) is 4.28. The van der Waals surface area contributed by atoms with Crippen LogP contribution in [-0.2, 0) is 6.42 Å². The topological polar surface area (TPSA) is 68.3 Å². The zero-order valence-electron chi connectivity index (χ0n) is 12.1. The van der Waals surface area contributed by atoms with E-state index >= 15 is 0 Å². The number of carboxylic acid groups (broad SMARTS) is 1. The van der Waals surface area contributed by atoms with Crippen LogP contribution in [0.5, 0.6) is 0 Å². The third kappa shape index (κ3) is 2.92. The Hall–Kier alpha value is -2.05. The molecule has 7 heteroatoms. The number of halogens is 2. The van der Waals surface area contributed by atoms with Crippen molar-refractivity contribution in [3.05, 3.63) is 57.3 Å². The van der Waals surface area contributed by atoms with Crippen molar-refractivity contribution in [2.75, 3.05) is 0 Å². The number of carbonyl (C=O) groups is 1. The molecule has 3 rings (SSSR count). The molecular formula is C16H12BrClN2O3. The number of aromatic carboxylic acids is 1. The second kappa shape index (κ2) is 6.22. The predicted molar refractivity (Wildman–Crippen MR) is 90.3 cm³/mol. The Balaban J connectivity index is 2.29. The molecule has 0 fully saturated rings. The fourth-order valence-corrected chi connectivity index (χ4v) is 2.84. The molecule has 118 valence electrons. The van der Waals surface area contributed by atoms with Crippen molar-refractivity contribution in [1.82, 2.24) is 9.78 Å². The first-order chi connectivity index (χ1) is 11.0. The van der Waals surface area contributed by atoms with Crippen LogP contribution in [-0.4, -0.2) is 20.9 Å². The number of benzene rings is 1. The van der Waals surface area contributed by atoms with Crippen LogP contribution in [0.15, 0.2) is 45.5 Å². The monoisotopic (exact) mass is 394 g/mol. The van der Waals surface area contributed by atoms with E-state index in [1.807, 2.05) is 6.92 Å². The van der Waals surface area contributed by atoms with E-state index in [0.717, 1.165) is 4.47 Å². The van der Waals surface area contributed by atoms with Crippen LogP contribution in [0.3, 0.4) is 0 Å². The van der Waals surface area contributed by atoms with Gasteiger partial charge in [-0.25, -0.2) is 9.48 Å². The molecule has 2 aromatic heterocycles. The van der Waals surface area contributed by atoms with E-state index in [2.05, 4.69) is 21.0 Å². The van der Waals surface area contributed by atoms with Crippen molar-refractivity contribution in [2.45, 2.75) is 13.3 Å². The summed E-state index contributed by atoms with van der Waals surface area (Å²) in [5.74, 6) is -0.523. The Morgan fingerprint density at radius 3 is 2.61 bits per heavy atom. The van der Waals surface area contributed by atoms with Gasteiger partial charge in [0, 0.05) is 16.7 Å². The highest BCUT2D eigenvalue weighted by Gasteiger charge is 2.25. The van der Waals surface area contributed by atoms with Crippen molar-refractivity contribution in [3.63, 3.8) is 0 Å². The minimum atomic E-state index is -1.07. The number of aromatic nitrogens is 2. The molecule has 0 saturated carbocycles. The second-order valence-corrected chi connectivity index (χ2v) is 6.20. The van der Waals surface area contributed by atoms with Gasteiger partial charge in [0.05, 0.1) is 10.2 Å². The fourth-order valence-electron chi connectivity index (χ4n) is 2.42. The summed E-state index contributed by atoms with van der Waals surface area (Å²) < 4.78 is 7.89. The standard InChI is InChI=1S/C16H12BrClN2O3/c1-2-12-14(16(21)22)19-20(11-5-3-10(18)4-6-11)15(12)13-7-9(17)8-23-13/h3-8H,2H2,1H3,(H,21,22). The maximum Gasteiger partial charge on any atom is 0.356 e. The Morgan fingerprint density at radius 1 is 1.39 bits per heavy atom. The molecule has 23 heavy (non-hydrogen) atoms. The lowest BCUT2D eigenvalue weighted by atomic mass is 10.1. The highest BCUT2D eigenvalue weighted by atomic mass is 79.9. The number of rotatable bonds is 4. The highest BCUT2D eigenvalue weighted by Crippen LogP contribution is 2.32. The smallest absolute Gasteiger partial charge is 0.356 e. The first kappa shape index (κ1) is 15.8. The molecule has 0 atom stereocenters. The summed E-state index contributed by atoms with van der Waals surface area (Å²) in [5.41, 5.74) is 1.97. The van der Waals surface area contributed by atoms with Gasteiger partial charge < -0.3 is 9.52 Å². The summed E-state index contributed by atoms with van der Waals surface area (Å²) in [6, 6.07) is 8.80. The summed E-state index contributed by atoms with van der Waals surface area (Å²) in [7, 11) is 0. The third-order valence-electron chi connectivity index (χ3n) is 3.41. The van der Waals surface area contributed by atoms with Gasteiger partial charge in [-0.05, 0) is 46.6 Å². The lowest BCUT2D eigenvalue weighted by Crippen LogP contribution is -2.02. The van der Waals surface area contributed by atoms with E-state index in [9.17, 15) is 9.90 Å². The van der Waals surface area contributed by atoms with Crippen LogP contribution >= 0.6 is 27.5 Å². The van der Waals surface area contributed by atoms with E-state index in [0.29, 0.717) is 34.1 Å². The molecule has 0 aliphatic heterocycles. The van der Waals surface area contributed by atoms with Gasteiger partial charge in [-0.1, -0.05) is 18.5 Å². The van der Waals surface area contributed by atoms with E-state index in [4.69, 9.17) is 16.0 Å². The van der Waals surface area contributed by atoms with E-state index < -0.39 is 5.97 Å². The quantitative estimate of drug-likeness (QED) is 0.688. The normalized spacial score (nSPS) is 10.9. The maximum absolute atomic E-state index is 11.5. The van der Waals surface area contributed by atoms with Gasteiger partial charge in [-0.2, -0.15) is 5.10 Å².